The highest BCUT2D eigenvalue weighted by molar-refractivity contribution is 5.86. The van der Waals surface area contributed by atoms with E-state index in [4.69, 9.17) is 4.74 Å². The second kappa shape index (κ2) is 10.4. The first-order valence-corrected chi connectivity index (χ1v) is 9.71. The Hall–Kier alpha value is -3.72. The number of aliphatic carboxylic acids is 1. The van der Waals surface area contributed by atoms with Crippen molar-refractivity contribution < 1.29 is 24.2 Å². The number of nitrogens with zero attached hydrogens (tertiary/aromatic N) is 2. The minimum absolute atomic E-state index is 0.183. The van der Waals surface area contributed by atoms with Crippen molar-refractivity contribution in [3.8, 4) is 0 Å². The molecule has 0 aliphatic heterocycles. The molecule has 0 aliphatic rings. The summed E-state index contributed by atoms with van der Waals surface area (Å²) in [6, 6.07) is 12.8. The number of carboxylic acid groups (broad SMARTS) is 1. The maximum Gasteiger partial charge on any atom is 0.328 e. The number of aromatic nitrogens is 2. The number of carbonyl (C=O) groups excluding carboxylic acids is 2. The summed E-state index contributed by atoms with van der Waals surface area (Å²) in [4.78, 5) is 44.3. The summed E-state index contributed by atoms with van der Waals surface area (Å²) in [7, 11) is 1.24. The highest BCUT2D eigenvalue weighted by Gasteiger charge is 2.24. The first kappa shape index (κ1) is 22.0. The molecular formula is C22H24N4O5. The van der Waals surface area contributed by atoms with Gasteiger partial charge in [0.2, 0.25) is 5.91 Å². The first-order chi connectivity index (χ1) is 14.9. The molecule has 1 heterocycles. The summed E-state index contributed by atoms with van der Waals surface area (Å²) in [5.74, 6) is -2.12. The number of hydrogen-bond donors (Lipinski definition) is 3. The molecule has 1 amide bonds. The average molecular weight is 424 g/mol. The number of amides is 1. The fourth-order valence-corrected chi connectivity index (χ4v) is 3.35. The second-order valence-corrected chi connectivity index (χ2v) is 7.14. The molecule has 0 aliphatic carbocycles. The summed E-state index contributed by atoms with van der Waals surface area (Å²) in [5.41, 5.74) is 1.55. The van der Waals surface area contributed by atoms with Crippen molar-refractivity contribution in [1.82, 2.24) is 20.2 Å². The van der Waals surface area contributed by atoms with E-state index in [9.17, 15) is 19.5 Å². The van der Waals surface area contributed by atoms with Crippen LogP contribution >= 0.6 is 0 Å². The number of ether oxygens (including phenoxy) is 1. The van der Waals surface area contributed by atoms with Crippen molar-refractivity contribution >= 4 is 28.6 Å². The lowest BCUT2D eigenvalue weighted by atomic mass is 10.1. The van der Waals surface area contributed by atoms with E-state index in [1.165, 1.54) is 18.3 Å². The van der Waals surface area contributed by atoms with Crippen LogP contribution < -0.4 is 5.32 Å². The lowest BCUT2D eigenvalue weighted by Crippen LogP contribution is -2.47. The quantitative estimate of drug-likeness (QED) is 0.420. The molecule has 3 aromatic rings. The number of nitrogens with one attached hydrogen (secondary N) is 2. The molecule has 0 fully saturated rings. The van der Waals surface area contributed by atoms with Gasteiger partial charge in [-0.15, -0.1) is 0 Å². The molecule has 9 heteroatoms. The number of fused-ring (bicyclic) bond motifs is 1. The zero-order valence-corrected chi connectivity index (χ0v) is 17.1. The third-order valence-electron chi connectivity index (χ3n) is 4.75. The van der Waals surface area contributed by atoms with Crippen molar-refractivity contribution in [2.75, 3.05) is 20.2 Å². The van der Waals surface area contributed by atoms with Gasteiger partial charge in [0.15, 0.2) is 0 Å². The minimum atomic E-state index is -1.05. The summed E-state index contributed by atoms with van der Waals surface area (Å²) in [5, 5.41) is 14.0. The SMILES string of the molecule is COC(=O)[C@@H](Cc1cnc[nH]1)NC(=O)CN(CC(=O)O)Cc1ccc2ccccc2c1. The number of H-pyrrole nitrogens is 1. The molecule has 2 aromatic carbocycles. The van der Waals surface area contributed by atoms with Crippen LogP contribution in [0.15, 0.2) is 55.0 Å². The van der Waals surface area contributed by atoms with E-state index in [1.54, 1.807) is 6.20 Å². The number of carboxylic acids is 1. The number of imidazole rings is 1. The average Bonchev–Trinajstić information content (AvgIpc) is 3.25. The van der Waals surface area contributed by atoms with Gasteiger partial charge >= 0.3 is 11.9 Å². The van der Waals surface area contributed by atoms with Crippen molar-refractivity contribution in [1.29, 1.82) is 0 Å². The molecule has 0 saturated carbocycles. The molecule has 31 heavy (non-hydrogen) atoms. The Kier molecular flexibility index (Phi) is 7.34. The molecule has 0 unspecified atom stereocenters. The Morgan fingerprint density at radius 3 is 2.61 bits per heavy atom. The van der Waals surface area contributed by atoms with E-state index in [1.807, 2.05) is 42.5 Å². The van der Waals surface area contributed by atoms with Crippen LogP contribution in [0.3, 0.4) is 0 Å². The second-order valence-electron chi connectivity index (χ2n) is 7.14. The van der Waals surface area contributed by atoms with Crippen molar-refractivity contribution in [3.63, 3.8) is 0 Å². The zero-order chi connectivity index (χ0) is 22.2. The summed E-state index contributed by atoms with van der Waals surface area (Å²) >= 11 is 0. The van der Waals surface area contributed by atoms with Gasteiger partial charge in [-0.05, 0) is 22.4 Å². The number of hydrogen-bond acceptors (Lipinski definition) is 6. The van der Waals surface area contributed by atoms with E-state index in [2.05, 4.69) is 15.3 Å². The van der Waals surface area contributed by atoms with Crippen LogP contribution in [0.2, 0.25) is 0 Å². The molecule has 0 bridgehead atoms. The first-order valence-electron chi connectivity index (χ1n) is 9.71. The van der Waals surface area contributed by atoms with Gasteiger partial charge in [0.1, 0.15) is 6.04 Å². The van der Waals surface area contributed by atoms with Crippen LogP contribution in [0.4, 0.5) is 0 Å². The van der Waals surface area contributed by atoms with E-state index in [-0.39, 0.29) is 26.1 Å². The summed E-state index contributed by atoms with van der Waals surface area (Å²) in [6.45, 7) is -0.229. The van der Waals surface area contributed by atoms with Crippen LogP contribution in [-0.2, 0) is 32.1 Å². The molecule has 0 saturated heterocycles. The highest BCUT2D eigenvalue weighted by atomic mass is 16.5. The van der Waals surface area contributed by atoms with Crippen LogP contribution in [-0.4, -0.2) is 64.1 Å². The minimum Gasteiger partial charge on any atom is -0.480 e. The number of rotatable bonds is 10. The van der Waals surface area contributed by atoms with Gasteiger partial charge in [-0.25, -0.2) is 9.78 Å². The van der Waals surface area contributed by atoms with Crippen LogP contribution in [0.25, 0.3) is 10.8 Å². The number of methoxy groups -OCH3 is 1. The lowest BCUT2D eigenvalue weighted by molar-refractivity contribution is -0.145. The van der Waals surface area contributed by atoms with Gasteiger partial charge in [-0.1, -0.05) is 36.4 Å². The number of esters is 1. The molecule has 162 valence electrons. The third-order valence-corrected chi connectivity index (χ3v) is 4.75. The van der Waals surface area contributed by atoms with E-state index >= 15 is 0 Å². The molecule has 3 rings (SSSR count). The van der Waals surface area contributed by atoms with E-state index in [0.29, 0.717) is 5.69 Å². The third kappa shape index (κ3) is 6.38. The lowest BCUT2D eigenvalue weighted by Gasteiger charge is -2.22. The van der Waals surface area contributed by atoms with Crippen molar-refractivity contribution in [2.24, 2.45) is 0 Å². The zero-order valence-electron chi connectivity index (χ0n) is 17.1. The summed E-state index contributed by atoms with van der Waals surface area (Å²) in [6.07, 6.45) is 3.21. The van der Waals surface area contributed by atoms with Crippen molar-refractivity contribution in [3.05, 3.63) is 66.2 Å². The standard InChI is InChI=1S/C22H24N4O5/c1-31-22(30)19(9-18-10-23-14-24-18)25-20(27)12-26(13-21(28)29)11-15-6-7-16-4-2-3-5-17(16)8-15/h2-8,10,14,19H,9,11-13H2,1H3,(H,23,24)(H,25,27)(H,28,29)/t19-/m1/s1. The fraction of sp³-hybridized carbons (Fsp3) is 0.273. The van der Waals surface area contributed by atoms with Gasteiger partial charge in [-0.2, -0.15) is 0 Å². The van der Waals surface area contributed by atoms with Gasteiger partial charge in [0.05, 0.1) is 26.5 Å². The maximum atomic E-state index is 12.6. The Balaban J connectivity index is 1.68. The normalized spacial score (nSPS) is 11.9. The maximum absolute atomic E-state index is 12.6. The molecule has 9 nitrogen and oxygen atoms in total. The topological polar surface area (TPSA) is 125 Å². The van der Waals surface area contributed by atoms with Crippen LogP contribution in [0.1, 0.15) is 11.3 Å². The van der Waals surface area contributed by atoms with E-state index in [0.717, 1.165) is 16.3 Å². The molecule has 0 radical (unpaired) electrons. The van der Waals surface area contributed by atoms with Crippen molar-refractivity contribution in [2.45, 2.75) is 19.0 Å². The van der Waals surface area contributed by atoms with Crippen LogP contribution in [0.5, 0.6) is 0 Å². The predicted molar refractivity (Wildman–Crippen MR) is 113 cm³/mol. The Bertz CT molecular complexity index is 1050. The molecule has 3 N–H and O–H groups in total. The molecular weight excluding hydrogens is 400 g/mol. The predicted octanol–water partition coefficient (Wildman–Crippen LogP) is 1.35. The fourth-order valence-electron chi connectivity index (χ4n) is 3.35. The molecule has 1 aromatic heterocycles. The number of carbonyl (C=O) groups is 3. The smallest absolute Gasteiger partial charge is 0.328 e. The van der Waals surface area contributed by atoms with E-state index < -0.39 is 23.9 Å². The monoisotopic (exact) mass is 424 g/mol. The van der Waals surface area contributed by atoms with Gasteiger partial charge < -0.3 is 20.1 Å². The van der Waals surface area contributed by atoms with Gasteiger partial charge in [0, 0.05) is 24.9 Å². The number of aromatic amines is 1. The Labute approximate surface area is 179 Å². The van der Waals surface area contributed by atoms with Gasteiger partial charge in [0.25, 0.3) is 0 Å². The Morgan fingerprint density at radius 1 is 1.16 bits per heavy atom. The Morgan fingerprint density at radius 2 is 1.94 bits per heavy atom. The molecule has 0 spiro atoms. The summed E-state index contributed by atoms with van der Waals surface area (Å²) < 4.78 is 4.77. The molecule has 1 atom stereocenters. The largest absolute Gasteiger partial charge is 0.480 e. The van der Waals surface area contributed by atoms with Gasteiger partial charge in [-0.3, -0.25) is 14.5 Å². The van der Waals surface area contributed by atoms with Crippen LogP contribution in [0, 0.1) is 0 Å². The highest BCUT2D eigenvalue weighted by Crippen LogP contribution is 2.17. The number of benzene rings is 2.